The van der Waals surface area contributed by atoms with Crippen molar-refractivity contribution in [2.45, 2.75) is 52.6 Å². The van der Waals surface area contributed by atoms with Crippen LogP contribution in [0.15, 0.2) is 0 Å². The molecule has 0 saturated carbocycles. The number of rotatable bonds is 2. The number of amides is 1. The van der Waals surface area contributed by atoms with Gasteiger partial charge in [-0.1, -0.05) is 13.8 Å². The van der Waals surface area contributed by atoms with Gasteiger partial charge in [0.2, 0.25) is 5.91 Å². The van der Waals surface area contributed by atoms with E-state index in [1.54, 1.807) is 0 Å². The van der Waals surface area contributed by atoms with E-state index in [4.69, 9.17) is 0 Å². The van der Waals surface area contributed by atoms with Crippen LogP contribution in [-0.4, -0.2) is 35.0 Å². The standard InChI is InChI=1S/C12H24N2O/c1-9(2)7-14-8-11(3,4)13-10(15)12(14,5)6/h9H,7-8H2,1-6H3,(H,13,15). The zero-order chi connectivity index (χ0) is 11.9. The maximum absolute atomic E-state index is 12.0. The Kier molecular flexibility index (Phi) is 3.15. The minimum Gasteiger partial charge on any atom is -0.348 e. The average molecular weight is 212 g/mol. The van der Waals surface area contributed by atoms with Crippen molar-refractivity contribution in [2.75, 3.05) is 13.1 Å². The number of piperazine rings is 1. The highest BCUT2D eigenvalue weighted by Crippen LogP contribution is 2.25. The molecule has 0 unspecified atom stereocenters. The summed E-state index contributed by atoms with van der Waals surface area (Å²) < 4.78 is 0. The van der Waals surface area contributed by atoms with Crippen LogP contribution in [0.3, 0.4) is 0 Å². The molecule has 0 bridgehead atoms. The van der Waals surface area contributed by atoms with Gasteiger partial charge in [-0.15, -0.1) is 0 Å². The minimum atomic E-state index is -0.375. The van der Waals surface area contributed by atoms with Gasteiger partial charge >= 0.3 is 0 Å². The molecule has 1 amide bonds. The van der Waals surface area contributed by atoms with Gasteiger partial charge in [-0.25, -0.2) is 0 Å². The van der Waals surface area contributed by atoms with Crippen LogP contribution in [0.5, 0.6) is 0 Å². The SMILES string of the molecule is CC(C)CN1CC(C)(C)NC(=O)C1(C)C. The predicted molar refractivity (Wildman–Crippen MR) is 62.7 cm³/mol. The highest BCUT2D eigenvalue weighted by atomic mass is 16.2. The predicted octanol–water partition coefficient (Wildman–Crippen LogP) is 1.63. The first-order chi connectivity index (χ1) is 6.65. The normalized spacial score (nSPS) is 25.4. The number of carbonyl (C=O) groups is 1. The van der Waals surface area contributed by atoms with Crippen LogP contribution in [0.4, 0.5) is 0 Å². The molecule has 0 aromatic heterocycles. The molecule has 1 N–H and O–H groups in total. The van der Waals surface area contributed by atoms with Gasteiger partial charge in [-0.3, -0.25) is 9.69 Å². The van der Waals surface area contributed by atoms with Crippen molar-refractivity contribution >= 4 is 5.91 Å². The second kappa shape index (κ2) is 3.78. The van der Waals surface area contributed by atoms with E-state index in [-0.39, 0.29) is 17.0 Å². The first-order valence-electron chi connectivity index (χ1n) is 5.73. The van der Waals surface area contributed by atoms with Gasteiger partial charge in [0.1, 0.15) is 0 Å². The van der Waals surface area contributed by atoms with E-state index in [1.807, 2.05) is 13.8 Å². The van der Waals surface area contributed by atoms with E-state index in [2.05, 4.69) is 37.9 Å². The third-order valence-electron chi connectivity index (χ3n) is 2.97. The zero-order valence-electron chi connectivity index (χ0n) is 10.8. The Morgan fingerprint density at radius 1 is 1.33 bits per heavy atom. The average Bonchev–Trinajstić information content (AvgIpc) is 1.98. The van der Waals surface area contributed by atoms with Crippen LogP contribution in [-0.2, 0) is 4.79 Å². The summed E-state index contributed by atoms with van der Waals surface area (Å²) in [5.41, 5.74) is -0.485. The Labute approximate surface area is 93.2 Å². The third kappa shape index (κ3) is 2.71. The van der Waals surface area contributed by atoms with E-state index in [0.717, 1.165) is 13.1 Å². The summed E-state index contributed by atoms with van der Waals surface area (Å²) in [5.74, 6) is 0.727. The summed E-state index contributed by atoms with van der Waals surface area (Å²) >= 11 is 0. The third-order valence-corrected chi connectivity index (χ3v) is 2.97. The molecule has 0 radical (unpaired) electrons. The topological polar surface area (TPSA) is 32.3 Å². The summed E-state index contributed by atoms with van der Waals surface area (Å²) in [6, 6.07) is 0. The summed E-state index contributed by atoms with van der Waals surface area (Å²) in [7, 11) is 0. The molecule has 0 aromatic carbocycles. The minimum absolute atomic E-state index is 0.110. The summed E-state index contributed by atoms with van der Waals surface area (Å²) in [4.78, 5) is 14.3. The van der Waals surface area contributed by atoms with Gasteiger partial charge in [-0.05, 0) is 33.6 Å². The molecular weight excluding hydrogens is 188 g/mol. The van der Waals surface area contributed by atoms with Crippen molar-refractivity contribution in [3.05, 3.63) is 0 Å². The molecular formula is C12H24N2O. The number of nitrogens with one attached hydrogen (secondary N) is 1. The number of nitrogens with zero attached hydrogens (tertiary/aromatic N) is 1. The summed E-state index contributed by atoms with van der Waals surface area (Å²) in [6.45, 7) is 14.4. The van der Waals surface area contributed by atoms with Gasteiger partial charge < -0.3 is 5.32 Å². The zero-order valence-corrected chi connectivity index (χ0v) is 10.8. The van der Waals surface area contributed by atoms with Crippen molar-refractivity contribution in [2.24, 2.45) is 5.92 Å². The van der Waals surface area contributed by atoms with Crippen LogP contribution >= 0.6 is 0 Å². The van der Waals surface area contributed by atoms with E-state index < -0.39 is 0 Å². The molecule has 0 atom stereocenters. The smallest absolute Gasteiger partial charge is 0.240 e. The van der Waals surface area contributed by atoms with Gasteiger partial charge in [0, 0.05) is 18.6 Å². The van der Waals surface area contributed by atoms with Crippen molar-refractivity contribution in [1.29, 1.82) is 0 Å². The van der Waals surface area contributed by atoms with Gasteiger partial charge in [0.05, 0.1) is 5.54 Å². The second-order valence-electron chi connectivity index (χ2n) is 6.17. The lowest BCUT2D eigenvalue weighted by Gasteiger charge is -2.48. The fourth-order valence-corrected chi connectivity index (χ4v) is 2.05. The van der Waals surface area contributed by atoms with Gasteiger partial charge in [-0.2, -0.15) is 0 Å². The van der Waals surface area contributed by atoms with Crippen molar-refractivity contribution in [1.82, 2.24) is 10.2 Å². The first kappa shape index (κ1) is 12.5. The van der Waals surface area contributed by atoms with Gasteiger partial charge in [0.25, 0.3) is 0 Å². The fraction of sp³-hybridized carbons (Fsp3) is 0.917. The van der Waals surface area contributed by atoms with E-state index >= 15 is 0 Å². The second-order valence-corrected chi connectivity index (χ2v) is 6.17. The van der Waals surface area contributed by atoms with E-state index in [9.17, 15) is 4.79 Å². The Bertz CT molecular complexity index is 256. The lowest BCUT2D eigenvalue weighted by atomic mass is 9.90. The Morgan fingerprint density at radius 3 is 2.33 bits per heavy atom. The van der Waals surface area contributed by atoms with Crippen LogP contribution in [0.2, 0.25) is 0 Å². The molecule has 0 spiro atoms. The molecule has 1 fully saturated rings. The maximum atomic E-state index is 12.0. The Morgan fingerprint density at radius 2 is 1.87 bits per heavy atom. The molecule has 1 aliphatic rings. The molecule has 0 aromatic rings. The Balaban J connectivity index is 2.85. The molecule has 1 rings (SSSR count). The molecule has 3 nitrogen and oxygen atoms in total. The monoisotopic (exact) mass is 212 g/mol. The van der Waals surface area contributed by atoms with Crippen LogP contribution in [0.25, 0.3) is 0 Å². The van der Waals surface area contributed by atoms with Crippen LogP contribution < -0.4 is 5.32 Å². The highest BCUT2D eigenvalue weighted by Gasteiger charge is 2.43. The molecule has 1 heterocycles. The van der Waals surface area contributed by atoms with Crippen LogP contribution in [0, 0.1) is 5.92 Å². The molecule has 3 heteroatoms. The molecule has 1 aliphatic heterocycles. The largest absolute Gasteiger partial charge is 0.348 e. The number of hydrogen-bond acceptors (Lipinski definition) is 2. The molecule has 0 aliphatic carbocycles. The van der Waals surface area contributed by atoms with Crippen molar-refractivity contribution in [3.8, 4) is 0 Å². The molecule has 1 saturated heterocycles. The van der Waals surface area contributed by atoms with Crippen LogP contribution in [0.1, 0.15) is 41.5 Å². The summed E-state index contributed by atoms with van der Waals surface area (Å²) in [6.07, 6.45) is 0. The molecule has 88 valence electrons. The lowest BCUT2D eigenvalue weighted by Crippen LogP contribution is -2.69. The summed E-state index contributed by atoms with van der Waals surface area (Å²) in [5, 5.41) is 3.07. The van der Waals surface area contributed by atoms with Gasteiger partial charge in [0.15, 0.2) is 0 Å². The first-order valence-corrected chi connectivity index (χ1v) is 5.73. The van der Waals surface area contributed by atoms with Crippen molar-refractivity contribution < 1.29 is 4.79 Å². The lowest BCUT2D eigenvalue weighted by molar-refractivity contribution is -0.140. The maximum Gasteiger partial charge on any atom is 0.240 e. The highest BCUT2D eigenvalue weighted by molar-refractivity contribution is 5.86. The Hall–Kier alpha value is -0.570. The quantitative estimate of drug-likeness (QED) is 0.754. The fourth-order valence-electron chi connectivity index (χ4n) is 2.05. The van der Waals surface area contributed by atoms with Crippen molar-refractivity contribution in [3.63, 3.8) is 0 Å². The number of carbonyl (C=O) groups excluding carboxylic acids is 1. The van der Waals surface area contributed by atoms with E-state index in [0.29, 0.717) is 5.92 Å². The molecule has 15 heavy (non-hydrogen) atoms. The number of hydrogen-bond donors (Lipinski definition) is 1. The van der Waals surface area contributed by atoms with E-state index in [1.165, 1.54) is 0 Å².